The van der Waals surface area contributed by atoms with E-state index in [0.29, 0.717) is 5.92 Å². The van der Waals surface area contributed by atoms with Gasteiger partial charge in [-0.1, -0.05) is 6.07 Å². The molecule has 0 bridgehead atoms. The highest BCUT2D eigenvalue weighted by atomic mass is 15.1. The van der Waals surface area contributed by atoms with Gasteiger partial charge in [0.05, 0.1) is 0 Å². The van der Waals surface area contributed by atoms with Crippen molar-refractivity contribution in [2.45, 2.75) is 45.2 Å². The fourth-order valence-electron chi connectivity index (χ4n) is 3.03. The largest absolute Gasteiger partial charge is 0.294 e. The molecule has 1 aliphatic carbocycles. The van der Waals surface area contributed by atoms with Crippen molar-refractivity contribution in [1.29, 1.82) is 0 Å². The van der Waals surface area contributed by atoms with Crippen LogP contribution >= 0.6 is 0 Å². The summed E-state index contributed by atoms with van der Waals surface area (Å²) in [6.07, 6.45) is 9.50. The second-order valence-electron chi connectivity index (χ2n) is 6.31. The topological polar surface area (TPSA) is 41.9 Å². The lowest BCUT2D eigenvalue weighted by Crippen LogP contribution is -2.31. The zero-order chi connectivity index (χ0) is 14.2. The molecule has 2 aromatic rings. The molecule has 0 unspecified atom stereocenters. The van der Waals surface area contributed by atoms with Gasteiger partial charge in [-0.05, 0) is 30.9 Å². The summed E-state index contributed by atoms with van der Waals surface area (Å²) in [5.74, 6) is 1.72. The van der Waals surface area contributed by atoms with Gasteiger partial charge in [0.2, 0.25) is 0 Å². The fourth-order valence-corrected chi connectivity index (χ4v) is 3.03. The summed E-state index contributed by atoms with van der Waals surface area (Å²) in [5, 5.41) is 0. The Labute approximate surface area is 125 Å². The van der Waals surface area contributed by atoms with Crippen LogP contribution in [0.15, 0.2) is 24.7 Å². The van der Waals surface area contributed by atoms with Gasteiger partial charge in [0.1, 0.15) is 5.82 Å². The Morgan fingerprint density at radius 2 is 2.14 bits per heavy atom. The molecular weight excluding hydrogens is 260 g/mol. The average Bonchev–Trinajstić information content (AvgIpc) is 3.31. The van der Waals surface area contributed by atoms with E-state index in [1.807, 2.05) is 12.4 Å². The monoisotopic (exact) mass is 280 g/mol. The molecule has 1 fully saturated rings. The molecule has 0 amide bonds. The van der Waals surface area contributed by atoms with Gasteiger partial charge in [0, 0.05) is 61.8 Å². The van der Waals surface area contributed by atoms with E-state index >= 15 is 0 Å². The van der Waals surface area contributed by atoms with E-state index in [0.717, 1.165) is 31.9 Å². The zero-order valence-corrected chi connectivity index (χ0v) is 12.4. The van der Waals surface area contributed by atoms with Crippen LogP contribution in [0.4, 0.5) is 0 Å². The Hall–Kier alpha value is -1.81. The molecule has 1 aliphatic heterocycles. The van der Waals surface area contributed by atoms with Gasteiger partial charge in [0.25, 0.3) is 0 Å². The molecule has 1 saturated carbocycles. The van der Waals surface area contributed by atoms with Crippen LogP contribution in [-0.2, 0) is 19.5 Å². The molecule has 0 N–H and O–H groups in total. The first-order chi connectivity index (χ1) is 10.3. The van der Waals surface area contributed by atoms with E-state index in [1.54, 1.807) is 0 Å². The number of nitrogens with zero attached hydrogens (tertiary/aromatic N) is 4. The van der Waals surface area contributed by atoms with Crippen LogP contribution in [0.5, 0.6) is 0 Å². The molecule has 0 radical (unpaired) electrons. The van der Waals surface area contributed by atoms with Gasteiger partial charge in [0.15, 0.2) is 0 Å². The molecule has 2 aromatic heterocycles. The number of pyridine rings is 1. The van der Waals surface area contributed by atoms with Crippen LogP contribution in [0.3, 0.4) is 0 Å². The molecular formula is C17H20N4. The average molecular weight is 280 g/mol. The lowest BCUT2D eigenvalue weighted by atomic mass is 10.1. The number of fused-ring (bicyclic) bond motifs is 1. The molecule has 3 heterocycles. The minimum absolute atomic E-state index is 0.645. The van der Waals surface area contributed by atoms with Gasteiger partial charge in [-0.3, -0.25) is 9.88 Å². The van der Waals surface area contributed by atoms with Gasteiger partial charge in [-0.15, -0.1) is 0 Å². The van der Waals surface area contributed by atoms with Crippen LogP contribution in [0.2, 0.25) is 0 Å². The standard InChI is InChI=1S/C17H20N4/c1-12-6-13(8-18-7-12)10-21-5-4-16-15(11-21)9-19-17(20-16)14-2-3-14/h6-9,14H,2-5,10-11H2,1H3. The van der Waals surface area contributed by atoms with Crippen molar-refractivity contribution >= 4 is 0 Å². The smallest absolute Gasteiger partial charge is 0.131 e. The highest BCUT2D eigenvalue weighted by Crippen LogP contribution is 2.38. The molecule has 0 aromatic carbocycles. The molecule has 0 saturated heterocycles. The predicted molar refractivity (Wildman–Crippen MR) is 80.8 cm³/mol. The minimum Gasteiger partial charge on any atom is -0.294 e. The number of aromatic nitrogens is 3. The lowest BCUT2D eigenvalue weighted by molar-refractivity contribution is 0.242. The predicted octanol–water partition coefficient (Wildman–Crippen LogP) is 2.62. The zero-order valence-electron chi connectivity index (χ0n) is 12.4. The number of hydrogen-bond acceptors (Lipinski definition) is 4. The number of aryl methyl sites for hydroxylation is 1. The maximum atomic E-state index is 4.78. The molecule has 0 atom stereocenters. The summed E-state index contributed by atoms with van der Waals surface area (Å²) < 4.78 is 0. The maximum Gasteiger partial charge on any atom is 0.131 e. The maximum absolute atomic E-state index is 4.78. The van der Waals surface area contributed by atoms with Crippen molar-refractivity contribution in [2.75, 3.05) is 6.54 Å². The molecule has 21 heavy (non-hydrogen) atoms. The van der Waals surface area contributed by atoms with Crippen LogP contribution in [0.1, 0.15) is 47.0 Å². The van der Waals surface area contributed by atoms with Crippen LogP contribution in [0.25, 0.3) is 0 Å². The second-order valence-corrected chi connectivity index (χ2v) is 6.31. The summed E-state index contributed by atoms with van der Waals surface area (Å²) in [4.78, 5) is 16.1. The van der Waals surface area contributed by atoms with Gasteiger partial charge >= 0.3 is 0 Å². The third-order valence-electron chi connectivity index (χ3n) is 4.31. The lowest BCUT2D eigenvalue weighted by Gasteiger charge is -2.28. The third kappa shape index (κ3) is 2.81. The Morgan fingerprint density at radius 1 is 1.24 bits per heavy atom. The van der Waals surface area contributed by atoms with Crippen molar-refractivity contribution in [3.8, 4) is 0 Å². The highest BCUT2D eigenvalue weighted by molar-refractivity contribution is 5.23. The molecule has 0 spiro atoms. The van der Waals surface area contributed by atoms with Crippen molar-refractivity contribution in [2.24, 2.45) is 0 Å². The normalized spacial score (nSPS) is 18.5. The van der Waals surface area contributed by atoms with Crippen molar-refractivity contribution in [3.05, 3.63) is 52.9 Å². The fraction of sp³-hybridized carbons (Fsp3) is 0.471. The summed E-state index contributed by atoms with van der Waals surface area (Å²) in [6, 6.07) is 2.22. The Bertz CT molecular complexity index is 664. The SMILES string of the molecule is Cc1cncc(CN2CCc3nc(C4CC4)ncc3C2)c1. The Morgan fingerprint density at radius 3 is 2.95 bits per heavy atom. The van der Waals surface area contributed by atoms with Crippen LogP contribution in [-0.4, -0.2) is 26.4 Å². The summed E-state index contributed by atoms with van der Waals surface area (Å²) in [5.41, 5.74) is 5.08. The third-order valence-corrected chi connectivity index (χ3v) is 4.31. The van der Waals surface area contributed by atoms with Gasteiger partial charge < -0.3 is 0 Å². The van der Waals surface area contributed by atoms with Crippen molar-refractivity contribution in [3.63, 3.8) is 0 Å². The summed E-state index contributed by atoms with van der Waals surface area (Å²) in [7, 11) is 0. The summed E-state index contributed by atoms with van der Waals surface area (Å²) in [6.45, 7) is 5.07. The molecule has 4 nitrogen and oxygen atoms in total. The van der Waals surface area contributed by atoms with Crippen LogP contribution in [0, 0.1) is 6.92 Å². The van der Waals surface area contributed by atoms with E-state index in [4.69, 9.17) is 4.98 Å². The Balaban J connectivity index is 1.48. The quantitative estimate of drug-likeness (QED) is 0.866. The molecule has 2 aliphatic rings. The second kappa shape index (κ2) is 5.19. The minimum atomic E-state index is 0.645. The molecule has 4 rings (SSSR count). The highest BCUT2D eigenvalue weighted by Gasteiger charge is 2.28. The van der Waals surface area contributed by atoms with E-state index in [9.17, 15) is 0 Å². The van der Waals surface area contributed by atoms with Gasteiger partial charge in [-0.2, -0.15) is 0 Å². The first kappa shape index (κ1) is 12.9. The molecule has 108 valence electrons. The first-order valence-corrected chi connectivity index (χ1v) is 7.75. The first-order valence-electron chi connectivity index (χ1n) is 7.75. The van der Waals surface area contributed by atoms with Crippen molar-refractivity contribution < 1.29 is 0 Å². The van der Waals surface area contributed by atoms with Crippen molar-refractivity contribution in [1.82, 2.24) is 19.9 Å². The van der Waals surface area contributed by atoms with Gasteiger partial charge in [-0.25, -0.2) is 9.97 Å². The van der Waals surface area contributed by atoms with E-state index in [-0.39, 0.29) is 0 Å². The Kier molecular flexibility index (Phi) is 3.19. The molecule has 4 heteroatoms. The number of rotatable bonds is 3. The number of hydrogen-bond donors (Lipinski definition) is 0. The van der Waals surface area contributed by atoms with E-state index in [1.165, 1.54) is 35.2 Å². The van der Waals surface area contributed by atoms with Crippen LogP contribution < -0.4 is 0 Å². The van der Waals surface area contributed by atoms with E-state index in [2.05, 4.69) is 34.1 Å². The summed E-state index contributed by atoms with van der Waals surface area (Å²) >= 11 is 0. The van der Waals surface area contributed by atoms with E-state index < -0.39 is 0 Å².